The fourth-order valence-electron chi connectivity index (χ4n) is 0.799. The van der Waals surface area contributed by atoms with Gasteiger partial charge in [-0.1, -0.05) is 32.4 Å². The number of halogens is 1. The smallest absolute Gasteiger partial charge is 0.171 e. The van der Waals surface area contributed by atoms with Gasteiger partial charge in [-0.25, -0.2) is 4.98 Å². The van der Waals surface area contributed by atoms with E-state index in [4.69, 9.17) is 11.6 Å². The molecule has 0 radical (unpaired) electrons. The molecule has 0 aliphatic carbocycles. The highest BCUT2D eigenvalue weighted by molar-refractivity contribution is 6.31. The van der Waals surface area contributed by atoms with E-state index < -0.39 is 0 Å². The summed E-state index contributed by atoms with van der Waals surface area (Å²) in [5.41, 5.74) is 0.173. The van der Waals surface area contributed by atoms with E-state index in [1.807, 2.05) is 20.8 Å². The van der Waals surface area contributed by atoms with Crippen molar-refractivity contribution in [1.29, 1.82) is 0 Å². The highest BCUT2D eigenvalue weighted by Gasteiger charge is 2.19. The van der Waals surface area contributed by atoms with Crippen LogP contribution in [0.4, 0.5) is 0 Å². The summed E-state index contributed by atoms with van der Waals surface area (Å²) in [4.78, 5) is 17.3. The molecule has 0 saturated heterocycles. The number of carbonyl (C=O) groups excluding carboxylic acids is 1. The third-order valence-corrected chi connectivity index (χ3v) is 1.80. The highest BCUT2D eigenvalue weighted by atomic mass is 35.5. The van der Waals surface area contributed by atoms with Crippen LogP contribution in [0.1, 0.15) is 37.1 Å². The largest absolute Gasteiger partial charge is 0.332 e. The first kappa shape index (κ1) is 9.26. The monoisotopic (exact) mass is 186 g/mol. The Morgan fingerprint density at radius 3 is 2.33 bits per heavy atom. The molecule has 0 amide bonds. The Bertz CT molecular complexity index is 298. The molecule has 0 aliphatic heterocycles. The van der Waals surface area contributed by atoms with Crippen LogP contribution < -0.4 is 0 Å². The van der Waals surface area contributed by atoms with Crippen molar-refractivity contribution < 1.29 is 4.79 Å². The molecule has 1 aromatic rings. The minimum atomic E-state index is -0.106. The lowest BCUT2D eigenvalue weighted by molar-refractivity contribution is 0.111. The van der Waals surface area contributed by atoms with E-state index in [0.29, 0.717) is 11.4 Å². The molecular formula is C8H11ClN2O. The Morgan fingerprint density at radius 1 is 1.50 bits per heavy atom. The van der Waals surface area contributed by atoms with E-state index in [1.165, 1.54) is 0 Å². The van der Waals surface area contributed by atoms with E-state index in [1.54, 1.807) is 0 Å². The van der Waals surface area contributed by atoms with Crippen LogP contribution in [0.3, 0.4) is 0 Å². The van der Waals surface area contributed by atoms with Crippen LogP contribution in [0.5, 0.6) is 0 Å². The van der Waals surface area contributed by atoms with Crippen LogP contribution in [-0.2, 0) is 5.41 Å². The van der Waals surface area contributed by atoms with Gasteiger partial charge in [-0.05, 0) is 0 Å². The number of nitrogens with zero attached hydrogens (tertiary/aromatic N) is 1. The third kappa shape index (κ3) is 1.67. The van der Waals surface area contributed by atoms with Crippen LogP contribution in [0.25, 0.3) is 0 Å². The number of hydrogen-bond donors (Lipinski definition) is 1. The number of carbonyl (C=O) groups is 1. The van der Waals surface area contributed by atoms with E-state index in [-0.39, 0.29) is 11.1 Å². The van der Waals surface area contributed by atoms with Gasteiger partial charge in [0.05, 0.1) is 0 Å². The zero-order valence-corrected chi connectivity index (χ0v) is 8.07. The standard InChI is InChI=1S/C8H11ClN2O/c1-8(2,3)7-10-5(4-12)6(9)11-7/h4H,1-3H3,(H,10,11). The van der Waals surface area contributed by atoms with Crippen molar-refractivity contribution in [3.8, 4) is 0 Å². The van der Waals surface area contributed by atoms with Crippen molar-refractivity contribution >= 4 is 17.9 Å². The average molecular weight is 187 g/mol. The van der Waals surface area contributed by atoms with Crippen LogP contribution >= 0.6 is 11.6 Å². The SMILES string of the molecule is CC(C)(C)c1nc(C=O)c(Cl)[nH]1. The molecule has 3 nitrogen and oxygen atoms in total. The van der Waals surface area contributed by atoms with Crippen molar-refractivity contribution in [3.05, 3.63) is 16.7 Å². The number of rotatable bonds is 1. The lowest BCUT2D eigenvalue weighted by Crippen LogP contribution is -2.13. The molecular weight excluding hydrogens is 176 g/mol. The Balaban J connectivity index is 3.13. The molecule has 0 unspecified atom stereocenters. The number of aromatic nitrogens is 2. The van der Waals surface area contributed by atoms with Gasteiger partial charge in [0.2, 0.25) is 0 Å². The maximum Gasteiger partial charge on any atom is 0.171 e. The fraction of sp³-hybridized carbons (Fsp3) is 0.500. The Kier molecular flexibility index (Phi) is 2.24. The van der Waals surface area contributed by atoms with Crippen LogP contribution in [-0.4, -0.2) is 16.3 Å². The molecule has 0 bridgehead atoms. The molecule has 1 heterocycles. The third-order valence-electron chi connectivity index (χ3n) is 1.51. The maximum atomic E-state index is 10.4. The summed E-state index contributed by atoms with van der Waals surface area (Å²) in [6.45, 7) is 5.99. The first-order valence-electron chi connectivity index (χ1n) is 3.66. The van der Waals surface area contributed by atoms with Gasteiger partial charge in [0.1, 0.15) is 16.7 Å². The normalized spacial score (nSPS) is 11.7. The van der Waals surface area contributed by atoms with Gasteiger partial charge >= 0.3 is 0 Å². The predicted molar refractivity (Wildman–Crippen MR) is 47.7 cm³/mol. The van der Waals surface area contributed by atoms with Gasteiger partial charge in [-0.2, -0.15) is 0 Å². The molecule has 12 heavy (non-hydrogen) atoms. The summed E-state index contributed by atoms with van der Waals surface area (Å²) >= 11 is 5.70. The van der Waals surface area contributed by atoms with E-state index in [0.717, 1.165) is 5.82 Å². The van der Waals surface area contributed by atoms with Gasteiger partial charge in [-0.3, -0.25) is 4.79 Å². The zero-order valence-electron chi connectivity index (χ0n) is 7.31. The Hall–Kier alpha value is -0.830. The topological polar surface area (TPSA) is 45.8 Å². The summed E-state index contributed by atoms with van der Waals surface area (Å²) in [7, 11) is 0. The molecule has 0 aromatic carbocycles. The predicted octanol–water partition coefficient (Wildman–Crippen LogP) is 2.17. The molecule has 66 valence electrons. The maximum absolute atomic E-state index is 10.4. The number of aldehydes is 1. The van der Waals surface area contributed by atoms with Crippen molar-refractivity contribution in [2.75, 3.05) is 0 Å². The molecule has 0 saturated carbocycles. The number of imidazole rings is 1. The summed E-state index contributed by atoms with van der Waals surface area (Å²) in [6, 6.07) is 0. The van der Waals surface area contributed by atoms with Gasteiger partial charge in [0.25, 0.3) is 0 Å². The first-order chi connectivity index (χ1) is 5.45. The molecule has 1 rings (SSSR count). The fourth-order valence-corrected chi connectivity index (χ4v) is 0.975. The minimum absolute atomic E-state index is 0.106. The summed E-state index contributed by atoms with van der Waals surface area (Å²) < 4.78 is 0. The van der Waals surface area contributed by atoms with E-state index >= 15 is 0 Å². The van der Waals surface area contributed by atoms with E-state index in [2.05, 4.69) is 9.97 Å². The number of nitrogens with one attached hydrogen (secondary N) is 1. The first-order valence-corrected chi connectivity index (χ1v) is 4.04. The van der Waals surface area contributed by atoms with Gasteiger partial charge in [0, 0.05) is 5.41 Å². The van der Waals surface area contributed by atoms with Crippen molar-refractivity contribution in [3.63, 3.8) is 0 Å². The molecule has 1 N–H and O–H groups in total. The summed E-state index contributed by atoms with van der Waals surface area (Å²) in [5.74, 6) is 0.731. The summed E-state index contributed by atoms with van der Waals surface area (Å²) in [6.07, 6.45) is 0.647. The van der Waals surface area contributed by atoms with Crippen LogP contribution in [0.2, 0.25) is 5.15 Å². The average Bonchev–Trinajstić information content (AvgIpc) is 2.29. The molecule has 0 fully saturated rings. The number of aromatic amines is 1. The van der Waals surface area contributed by atoms with Gasteiger partial charge in [0.15, 0.2) is 6.29 Å². The highest BCUT2D eigenvalue weighted by Crippen LogP contribution is 2.21. The van der Waals surface area contributed by atoms with Gasteiger partial charge in [-0.15, -0.1) is 0 Å². The number of H-pyrrole nitrogens is 1. The molecule has 0 atom stereocenters. The Labute approximate surface area is 76.1 Å². The molecule has 0 aliphatic rings. The quantitative estimate of drug-likeness (QED) is 0.684. The lowest BCUT2D eigenvalue weighted by atomic mass is 9.96. The minimum Gasteiger partial charge on any atom is -0.332 e. The van der Waals surface area contributed by atoms with E-state index in [9.17, 15) is 4.79 Å². The Morgan fingerprint density at radius 2 is 2.08 bits per heavy atom. The molecule has 0 spiro atoms. The number of hydrogen-bond acceptors (Lipinski definition) is 2. The van der Waals surface area contributed by atoms with Crippen LogP contribution in [0, 0.1) is 0 Å². The van der Waals surface area contributed by atoms with Gasteiger partial charge < -0.3 is 4.98 Å². The second-order valence-electron chi connectivity index (χ2n) is 3.65. The molecule has 1 aromatic heterocycles. The van der Waals surface area contributed by atoms with Crippen molar-refractivity contribution in [2.24, 2.45) is 0 Å². The second kappa shape index (κ2) is 2.90. The van der Waals surface area contributed by atoms with Crippen molar-refractivity contribution in [1.82, 2.24) is 9.97 Å². The van der Waals surface area contributed by atoms with Crippen LogP contribution in [0.15, 0.2) is 0 Å². The second-order valence-corrected chi connectivity index (χ2v) is 4.03. The summed E-state index contributed by atoms with van der Waals surface area (Å²) in [5, 5.41) is 0.315. The zero-order chi connectivity index (χ0) is 9.35. The lowest BCUT2D eigenvalue weighted by Gasteiger charge is -2.13. The molecule has 4 heteroatoms. The van der Waals surface area contributed by atoms with Crippen molar-refractivity contribution in [2.45, 2.75) is 26.2 Å².